The summed E-state index contributed by atoms with van der Waals surface area (Å²) in [5.74, 6) is -0.927. The van der Waals surface area contributed by atoms with E-state index in [2.05, 4.69) is 5.32 Å². The predicted octanol–water partition coefficient (Wildman–Crippen LogP) is 2.58. The first-order valence-electron chi connectivity index (χ1n) is 6.16. The Hall–Kier alpha value is -2.53. The maximum Gasteiger partial charge on any atom is 0.257 e. The first kappa shape index (κ1) is 14.9. The molecule has 2 aromatic carbocycles. The molecule has 0 bridgehead atoms. The van der Waals surface area contributed by atoms with Crippen molar-refractivity contribution in [3.63, 3.8) is 0 Å². The minimum Gasteiger partial charge on any atom is -0.398 e. The third-order valence-electron chi connectivity index (χ3n) is 3.11. The standard InChI is InChI=1S/C15H14ClN3O2/c1-8-10(14(18)20)3-2-4-13(8)19-15(21)11-6-5-9(16)7-12(11)17/h2-7H,17H2,1H3,(H2,18,20)(H,19,21). The molecule has 0 aromatic heterocycles. The summed E-state index contributed by atoms with van der Waals surface area (Å²) in [5, 5.41) is 3.17. The zero-order valence-corrected chi connectivity index (χ0v) is 12.1. The van der Waals surface area contributed by atoms with Crippen LogP contribution in [0.3, 0.4) is 0 Å². The molecule has 2 amide bonds. The van der Waals surface area contributed by atoms with Gasteiger partial charge in [0.15, 0.2) is 0 Å². The van der Waals surface area contributed by atoms with Crippen molar-refractivity contribution >= 4 is 34.8 Å². The van der Waals surface area contributed by atoms with Gasteiger partial charge in [-0.25, -0.2) is 0 Å². The van der Waals surface area contributed by atoms with E-state index in [-0.39, 0.29) is 11.6 Å². The number of hydrogen-bond donors (Lipinski definition) is 3. The molecule has 21 heavy (non-hydrogen) atoms. The molecule has 0 aliphatic rings. The molecule has 0 saturated heterocycles. The van der Waals surface area contributed by atoms with Crippen LogP contribution in [0, 0.1) is 6.92 Å². The van der Waals surface area contributed by atoms with Crippen LogP contribution in [-0.2, 0) is 0 Å². The summed E-state index contributed by atoms with van der Waals surface area (Å²) in [5.41, 5.74) is 13.1. The van der Waals surface area contributed by atoms with Crippen molar-refractivity contribution in [2.75, 3.05) is 11.1 Å². The van der Waals surface area contributed by atoms with E-state index in [1.165, 1.54) is 6.07 Å². The molecule has 2 rings (SSSR count). The molecule has 2 aromatic rings. The van der Waals surface area contributed by atoms with Crippen LogP contribution in [-0.4, -0.2) is 11.8 Å². The van der Waals surface area contributed by atoms with E-state index in [0.29, 0.717) is 27.4 Å². The number of nitrogens with two attached hydrogens (primary N) is 2. The van der Waals surface area contributed by atoms with Crippen LogP contribution >= 0.6 is 11.6 Å². The van der Waals surface area contributed by atoms with E-state index in [0.717, 1.165) is 0 Å². The van der Waals surface area contributed by atoms with Crippen molar-refractivity contribution in [2.45, 2.75) is 6.92 Å². The smallest absolute Gasteiger partial charge is 0.257 e. The van der Waals surface area contributed by atoms with Crippen molar-refractivity contribution in [1.29, 1.82) is 0 Å². The highest BCUT2D eigenvalue weighted by atomic mass is 35.5. The number of hydrogen-bond acceptors (Lipinski definition) is 3. The van der Waals surface area contributed by atoms with Gasteiger partial charge >= 0.3 is 0 Å². The van der Waals surface area contributed by atoms with Crippen LogP contribution < -0.4 is 16.8 Å². The number of rotatable bonds is 3. The zero-order chi connectivity index (χ0) is 15.6. The minimum absolute atomic E-state index is 0.281. The number of nitrogen functional groups attached to an aromatic ring is 1. The van der Waals surface area contributed by atoms with Crippen LogP contribution in [0.25, 0.3) is 0 Å². The van der Waals surface area contributed by atoms with Gasteiger partial charge in [-0.05, 0) is 42.8 Å². The molecule has 0 atom stereocenters. The van der Waals surface area contributed by atoms with Crippen LogP contribution in [0.5, 0.6) is 0 Å². The summed E-state index contributed by atoms with van der Waals surface area (Å²) in [4.78, 5) is 23.5. The Morgan fingerprint density at radius 1 is 1.14 bits per heavy atom. The van der Waals surface area contributed by atoms with Gasteiger partial charge in [0.2, 0.25) is 5.91 Å². The van der Waals surface area contributed by atoms with Gasteiger partial charge in [-0.15, -0.1) is 0 Å². The molecule has 0 heterocycles. The summed E-state index contributed by atoms with van der Waals surface area (Å²) in [6, 6.07) is 9.56. The Morgan fingerprint density at radius 3 is 2.48 bits per heavy atom. The average Bonchev–Trinajstić information content (AvgIpc) is 2.40. The van der Waals surface area contributed by atoms with Gasteiger partial charge < -0.3 is 16.8 Å². The van der Waals surface area contributed by atoms with E-state index in [1.807, 2.05) is 0 Å². The number of benzene rings is 2. The first-order valence-corrected chi connectivity index (χ1v) is 6.53. The molecule has 0 unspecified atom stereocenters. The highest BCUT2D eigenvalue weighted by Gasteiger charge is 2.14. The summed E-state index contributed by atoms with van der Waals surface area (Å²) < 4.78 is 0. The van der Waals surface area contributed by atoms with Gasteiger partial charge in [0.25, 0.3) is 5.91 Å². The van der Waals surface area contributed by atoms with E-state index < -0.39 is 5.91 Å². The molecule has 5 nitrogen and oxygen atoms in total. The zero-order valence-electron chi connectivity index (χ0n) is 11.3. The van der Waals surface area contributed by atoms with Crippen LogP contribution in [0.4, 0.5) is 11.4 Å². The first-order chi connectivity index (χ1) is 9.90. The van der Waals surface area contributed by atoms with Gasteiger partial charge in [0, 0.05) is 22.0 Å². The van der Waals surface area contributed by atoms with Crippen molar-refractivity contribution in [3.05, 3.63) is 58.1 Å². The molecule has 6 heteroatoms. The maximum atomic E-state index is 12.2. The molecular formula is C15H14ClN3O2. The Bertz CT molecular complexity index is 729. The molecule has 5 N–H and O–H groups in total. The van der Waals surface area contributed by atoms with Gasteiger partial charge in [0.1, 0.15) is 0 Å². The molecule has 0 spiro atoms. The topological polar surface area (TPSA) is 98.2 Å². The van der Waals surface area contributed by atoms with Crippen molar-refractivity contribution in [1.82, 2.24) is 0 Å². The second-order valence-electron chi connectivity index (χ2n) is 4.53. The number of carbonyl (C=O) groups is 2. The molecule has 0 fully saturated rings. The van der Waals surface area contributed by atoms with Crippen LogP contribution in [0.1, 0.15) is 26.3 Å². The van der Waals surface area contributed by atoms with Gasteiger partial charge in [0.05, 0.1) is 5.56 Å². The highest BCUT2D eigenvalue weighted by molar-refractivity contribution is 6.31. The SMILES string of the molecule is Cc1c(NC(=O)c2ccc(Cl)cc2N)cccc1C(N)=O. The number of carbonyl (C=O) groups excluding carboxylic acids is 2. The van der Waals surface area contributed by atoms with E-state index in [1.54, 1.807) is 37.3 Å². The Labute approximate surface area is 126 Å². The fraction of sp³-hybridized carbons (Fsp3) is 0.0667. The molecule has 108 valence electrons. The quantitative estimate of drug-likeness (QED) is 0.760. The molecule has 0 saturated carbocycles. The lowest BCUT2D eigenvalue weighted by Crippen LogP contribution is -2.17. The van der Waals surface area contributed by atoms with Crippen molar-refractivity contribution in [3.8, 4) is 0 Å². The Balaban J connectivity index is 2.32. The normalized spacial score (nSPS) is 10.2. The maximum absolute atomic E-state index is 12.2. The Morgan fingerprint density at radius 2 is 1.86 bits per heavy atom. The number of halogens is 1. The van der Waals surface area contributed by atoms with Crippen LogP contribution in [0.15, 0.2) is 36.4 Å². The number of amides is 2. The monoisotopic (exact) mass is 303 g/mol. The molecule has 0 aliphatic carbocycles. The summed E-state index contributed by atoms with van der Waals surface area (Å²) in [7, 11) is 0. The molecule has 0 radical (unpaired) electrons. The third kappa shape index (κ3) is 3.14. The van der Waals surface area contributed by atoms with E-state index in [4.69, 9.17) is 23.1 Å². The third-order valence-corrected chi connectivity index (χ3v) is 3.34. The van der Waals surface area contributed by atoms with Gasteiger partial charge in [-0.3, -0.25) is 9.59 Å². The highest BCUT2D eigenvalue weighted by Crippen LogP contribution is 2.22. The lowest BCUT2D eigenvalue weighted by Gasteiger charge is -2.12. The Kier molecular flexibility index (Phi) is 4.14. The fourth-order valence-corrected chi connectivity index (χ4v) is 2.15. The van der Waals surface area contributed by atoms with Crippen LogP contribution in [0.2, 0.25) is 5.02 Å². The second kappa shape index (κ2) is 5.85. The lowest BCUT2D eigenvalue weighted by atomic mass is 10.1. The van der Waals surface area contributed by atoms with Crippen molar-refractivity contribution in [2.24, 2.45) is 5.73 Å². The van der Waals surface area contributed by atoms with Gasteiger partial charge in [-0.2, -0.15) is 0 Å². The number of primary amides is 1. The number of nitrogens with one attached hydrogen (secondary N) is 1. The summed E-state index contributed by atoms with van der Waals surface area (Å²) in [6.45, 7) is 1.71. The predicted molar refractivity (Wildman–Crippen MR) is 83.5 cm³/mol. The van der Waals surface area contributed by atoms with Crippen molar-refractivity contribution < 1.29 is 9.59 Å². The number of anilines is 2. The minimum atomic E-state index is -0.547. The van der Waals surface area contributed by atoms with E-state index >= 15 is 0 Å². The summed E-state index contributed by atoms with van der Waals surface area (Å²) >= 11 is 5.80. The molecular weight excluding hydrogens is 290 g/mol. The lowest BCUT2D eigenvalue weighted by molar-refractivity contribution is 0.0995. The largest absolute Gasteiger partial charge is 0.398 e. The average molecular weight is 304 g/mol. The molecule has 0 aliphatic heterocycles. The summed E-state index contributed by atoms with van der Waals surface area (Å²) in [6.07, 6.45) is 0. The van der Waals surface area contributed by atoms with Gasteiger partial charge in [-0.1, -0.05) is 17.7 Å². The fourth-order valence-electron chi connectivity index (χ4n) is 1.97. The second-order valence-corrected chi connectivity index (χ2v) is 4.96. The van der Waals surface area contributed by atoms with E-state index in [9.17, 15) is 9.59 Å².